The van der Waals surface area contributed by atoms with E-state index in [-0.39, 0.29) is 6.04 Å². The molecule has 2 aromatic heterocycles. The summed E-state index contributed by atoms with van der Waals surface area (Å²) in [6, 6.07) is 2.08. The number of aromatic nitrogens is 2. The minimum Gasteiger partial charge on any atom is -0.469 e. The predicted molar refractivity (Wildman–Crippen MR) is 74.2 cm³/mol. The van der Waals surface area contributed by atoms with Crippen LogP contribution in [0.3, 0.4) is 0 Å². The van der Waals surface area contributed by atoms with Crippen LogP contribution in [0.15, 0.2) is 21.3 Å². The predicted octanol–water partition coefficient (Wildman–Crippen LogP) is 1.99. The molecule has 3 heterocycles. The van der Waals surface area contributed by atoms with Gasteiger partial charge in [-0.1, -0.05) is 12.1 Å². The van der Waals surface area contributed by atoms with Crippen LogP contribution < -0.4 is 5.32 Å². The second kappa shape index (κ2) is 5.76. The molecule has 6 nitrogen and oxygen atoms in total. The van der Waals surface area contributed by atoms with Crippen molar-refractivity contribution in [1.82, 2.24) is 20.4 Å². The number of aryl methyl sites for hydroxylation is 1. The fourth-order valence-electron chi connectivity index (χ4n) is 2.68. The van der Waals surface area contributed by atoms with Gasteiger partial charge in [0.15, 0.2) is 5.82 Å². The zero-order chi connectivity index (χ0) is 13.9. The summed E-state index contributed by atoms with van der Waals surface area (Å²) >= 11 is 0. The van der Waals surface area contributed by atoms with Gasteiger partial charge in [0.25, 0.3) is 5.89 Å². The lowest BCUT2D eigenvalue weighted by molar-refractivity contribution is 0.160. The van der Waals surface area contributed by atoms with Gasteiger partial charge in [-0.2, -0.15) is 4.98 Å². The first kappa shape index (κ1) is 13.3. The molecule has 0 amide bonds. The van der Waals surface area contributed by atoms with E-state index in [1.54, 1.807) is 6.26 Å². The number of hydrogen-bond donors (Lipinski definition) is 1. The van der Waals surface area contributed by atoms with Crippen LogP contribution in [-0.2, 0) is 0 Å². The SMILES string of the molecule is CCC(c1noc(-c2ccoc2C)n1)N1CCNCC1. The van der Waals surface area contributed by atoms with Crippen molar-refractivity contribution < 1.29 is 8.94 Å². The van der Waals surface area contributed by atoms with Crippen LogP contribution in [0.25, 0.3) is 11.5 Å². The largest absolute Gasteiger partial charge is 0.469 e. The molecule has 0 saturated carbocycles. The molecule has 20 heavy (non-hydrogen) atoms. The van der Waals surface area contributed by atoms with Crippen molar-refractivity contribution in [3.05, 3.63) is 23.9 Å². The number of nitrogens with one attached hydrogen (secondary N) is 1. The number of hydrogen-bond acceptors (Lipinski definition) is 6. The summed E-state index contributed by atoms with van der Waals surface area (Å²) < 4.78 is 10.7. The molecular weight excluding hydrogens is 256 g/mol. The smallest absolute Gasteiger partial charge is 0.261 e. The molecule has 0 aliphatic carbocycles. The van der Waals surface area contributed by atoms with Gasteiger partial charge >= 0.3 is 0 Å². The van der Waals surface area contributed by atoms with Gasteiger partial charge < -0.3 is 14.3 Å². The van der Waals surface area contributed by atoms with Crippen LogP contribution in [0.5, 0.6) is 0 Å². The Labute approximate surface area is 118 Å². The molecule has 1 aliphatic rings. The first-order valence-electron chi connectivity index (χ1n) is 7.12. The second-order valence-electron chi connectivity index (χ2n) is 5.06. The maximum atomic E-state index is 5.40. The van der Waals surface area contributed by atoms with Crippen LogP contribution in [0.1, 0.15) is 31.0 Å². The Morgan fingerprint density at radius 1 is 1.40 bits per heavy atom. The first-order valence-corrected chi connectivity index (χ1v) is 7.12. The van der Waals surface area contributed by atoms with Crippen molar-refractivity contribution in [1.29, 1.82) is 0 Å². The van der Waals surface area contributed by atoms with Crippen LogP contribution in [0, 0.1) is 6.92 Å². The average molecular weight is 276 g/mol. The highest BCUT2D eigenvalue weighted by atomic mass is 16.5. The maximum absolute atomic E-state index is 5.40. The summed E-state index contributed by atoms with van der Waals surface area (Å²) in [6.07, 6.45) is 2.62. The third-order valence-corrected chi connectivity index (χ3v) is 3.81. The molecule has 0 spiro atoms. The van der Waals surface area contributed by atoms with Gasteiger partial charge in [0, 0.05) is 26.2 Å². The Hall–Kier alpha value is -1.66. The van der Waals surface area contributed by atoms with Crippen LogP contribution >= 0.6 is 0 Å². The van der Waals surface area contributed by atoms with E-state index in [0.717, 1.165) is 49.7 Å². The Morgan fingerprint density at radius 3 is 2.85 bits per heavy atom. The zero-order valence-corrected chi connectivity index (χ0v) is 11.9. The van der Waals surface area contributed by atoms with Gasteiger partial charge in [-0.3, -0.25) is 4.90 Å². The van der Waals surface area contributed by atoms with Crippen molar-refractivity contribution in [2.45, 2.75) is 26.3 Å². The fraction of sp³-hybridized carbons (Fsp3) is 0.571. The summed E-state index contributed by atoms with van der Waals surface area (Å²) in [5, 5.41) is 7.53. The lowest BCUT2D eigenvalue weighted by Crippen LogP contribution is -2.45. The molecule has 1 aliphatic heterocycles. The summed E-state index contributed by atoms with van der Waals surface area (Å²) in [4.78, 5) is 6.97. The van der Waals surface area contributed by atoms with E-state index < -0.39 is 0 Å². The van der Waals surface area contributed by atoms with E-state index in [4.69, 9.17) is 8.94 Å². The summed E-state index contributed by atoms with van der Waals surface area (Å²) in [6.45, 7) is 8.13. The number of nitrogens with zero attached hydrogens (tertiary/aromatic N) is 3. The third kappa shape index (κ3) is 2.48. The van der Waals surface area contributed by atoms with Crippen molar-refractivity contribution in [2.24, 2.45) is 0 Å². The van der Waals surface area contributed by atoms with E-state index in [1.807, 2.05) is 13.0 Å². The highest BCUT2D eigenvalue weighted by Gasteiger charge is 2.25. The second-order valence-corrected chi connectivity index (χ2v) is 5.06. The Morgan fingerprint density at radius 2 is 2.20 bits per heavy atom. The van der Waals surface area contributed by atoms with Crippen molar-refractivity contribution >= 4 is 0 Å². The van der Waals surface area contributed by atoms with Crippen molar-refractivity contribution in [3.63, 3.8) is 0 Å². The Bertz CT molecular complexity index is 557. The highest BCUT2D eigenvalue weighted by Crippen LogP contribution is 2.27. The molecule has 2 aromatic rings. The van der Waals surface area contributed by atoms with Crippen molar-refractivity contribution in [3.8, 4) is 11.5 Å². The van der Waals surface area contributed by atoms with Gasteiger partial charge in [0.2, 0.25) is 0 Å². The van der Waals surface area contributed by atoms with Gasteiger partial charge in [-0.25, -0.2) is 0 Å². The molecule has 1 saturated heterocycles. The quantitative estimate of drug-likeness (QED) is 0.921. The molecule has 0 bridgehead atoms. The van der Waals surface area contributed by atoms with Crippen LogP contribution in [-0.4, -0.2) is 41.2 Å². The minimum atomic E-state index is 0.224. The Kier molecular flexibility index (Phi) is 3.84. The van der Waals surface area contributed by atoms with E-state index >= 15 is 0 Å². The molecule has 1 N–H and O–H groups in total. The topological polar surface area (TPSA) is 67.3 Å². The molecule has 1 fully saturated rings. The zero-order valence-electron chi connectivity index (χ0n) is 11.9. The average Bonchev–Trinajstić information content (AvgIpc) is 3.10. The molecule has 1 atom stereocenters. The van der Waals surface area contributed by atoms with Crippen molar-refractivity contribution in [2.75, 3.05) is 26.2 Å². The van der Waals surface area contributed by atoms with Gasteiger partial charge in [0.1, 0.15) is 5.76 Å². The summed E-state index contributed by atoms with van der Waals surface area (Å²) in [5.41, 5.74) is 0.874. The van der Waals surface area contributed by atoms with Crippen LogP contribution in [0.2, 0.25) is 0 Å². The summed E-state index contributed by atoms with van der Waals surface area (Å²) in [5.74, 6) is 2.11. The van der Waals surface area contributed by atoms with E-state index in [2.05, 4.69) is 27.3 Å². The lowest BCUT2D eigenvalue weighted by atomic mass is 10.1. The molecule has 0 radical (unpaired) electrons. The number of furan rings is 1. The van der Waals surface area contributed by atoms with Crippen LogP contribution in [0.4, 0.5) is 0 Å². The molecule has 3 rings (SSSR count). The first-order chi connectivity index (χ1) is 9.79. The monoisotopic (exact) mass is 276 g/mol. The molecule has 1 unspecified atom stereocenters. The summed E-state index contributed by atoms with van der Waals surface area (Å²) in [7, 11) is 0. The number of piperazine rings is 1. The normalized spacial score (nSPS) is 18.3. The van der Waals surface area contributed by atoms with Gasteiger partial charge in [-0.15, -0.1) is 0 Å². The number of rotatable bonds is 4. The fourth-order valence-corrected chi connectivity index (χ4v) is 2.68. The van der Waals surface area contributed by atoms with Gasteiger partial charge in [-0.05, 0) is 19.4 Å². The minimum absolute atomic E-state index is 0.224. The third-order valence-electron chi connectivity index (χ3n) is 3.81. The van der Waals surface area contributed by atoms with Gasteiger partial charge in [0.05, 0.1) is 17.9 Å². The standard InChI is InChI=1S/C14H20N4O2/c1-3-12(18-7-5-15-6-8-18)13-16-14(20-17-13)11-4-9-19-10(11)2/h4,9,12,15H,3,5-8H2,1-2H3. The molecular formula is C14H20N4O2. The Balaban J connectivity index is 1.82. The van der Waals surface area contributed by atoms with E-state index in [1.165, 1.54) is 0 Å². The molecule has 108 valence electrons. The van der Waals surface area contributed by atoms with E-state index in [9.17, 15) is 0 Å². The maximum Gasteiger partial charge on any atom is 0.261 e. The molecule has 6 heteroatoms. The lowest BCUT2D eigenvalue weighted by Gasteiger charge is -2.32. The highest BCUT2D eigenvalue weighted by molar-refractivity contribution is 5.54. The van der Waals surface area contributed by atoms with E-state index in [0.29, 0.717) is 5.89 Å². The molecule has 0 aromatic carbocycles.